The highest BCUT2D eigenvalue weighted by Crippen LogP contribution is 2.25. The first kappa shape index (κ1) is 12.5. The molecule has 0 aromatic carbocycles. The third-order valence-corrected chi connectivity index (χ3v) is 3.64. The highest BCUT2D eigenvalue weighted by atomic mass is 35.5. The number of aliphatic hydroxyl groups is 1. The van der Waals surface area contributed by atoms with Crippen molar-refractivity contribution in [2.45, 2.75) is 32.4 Å². The van der Waals surface area contributed by atoms with Crippen molar-refractivity contribution in [1.82, 2.24) is 14.5 Å². The predicted molar refractivity (Wildman–Crippen MR) is 68.3 cm³/mol. The standard InChI is InChI=1S/C11H14ClN3OS/c1-2-4-15-5-3-13-10(15)6-8(16)11-14-7-9(12)17-11/h3,5,7-8,16H,2,4,6H2,1H3. The van der Waals surface area contributed by atoms with Gasteiger partial charge in [-0.15, -0.1) is 11.3 Å². The van der Waals surface area contributed by atoms with E-state index >= 15 is 0 Å². The maximum Gasteiger partial charge on any atom is 0.123 e. The number of aliphatic hydroxyl groups excluding tert-OH is 1. The van der Waals surface area contributed by atoms with E-state index in [1.54, 1.807) is 12.4 Å². The van der Waals surface area contributed by atoms with Gasteiger partial charge in [0, 0.05) is 25.4 Å². The van der Waals surface area contributed by atoms with Crippen molar-refractivity contribution in [2.24, 2.45) is 0 Å². The van der Waals surface area contributed by atoms with E-state index in [1.807, 2.05) is 6.20 Å². The van der Waals surface area contributed by atoms with Crippen LogP contribution in [0.4, 0.5) is 0 Å². The lowest BCUT2D eigenvalue weighted by molar-refractivity contribution is 0.174. The zero-order chi connectivity index (χ0) is 12.3. The minimum Gasteiger partial charge on any atom is -0.385 e. The molecule has 0 spiro atoms. The van der Waals surface area contributed by atoms with Crippen LogP contribution in [-0.4, -0.2) is 19.6 Å². The predicted octanol–water partition coefficient (Wildman–Crippen LogP) is 2.68. The van der Waals surface area contributed by atoms with E-state index in [1.165, 1.54) is 11.3 Å². The van der Waals surface area contributed by atoms with Crippen molar-refractivity contribution < 1.29 is 5.11 Å². The van der Waals surface area contributed by atoms with Gasteiger partial charge in [-0.3, -0.25) is 0 Å². The lowest BCUT2D eigenvalue weighted by Gasteiger charge is -2.09. The summed E-state index contributed by atoms with van der Waals surface area (Å²) in [6, 6.07) is 0. The normalized spacial score (nSPS) is 12.9. The summed E-state index contributed by atoms with van der Waals surface area (Å²) < 4.78 is 2.65. The molecule has 2 aromatic heterocycles. The molecule has 0 saturated carbocycles. The highest BCUT2D eigenvalue weighted by molar-refractivity contribution is 7.15. The van der Waals surface area contributed by atoms with Crippen LogP contribution < -0.4 is 0 Å². The Kier molecular flexibility index (Phi) is 4.15. The van der Waals surface area contributed by atoms with Crippen LogP contribution >= 0.6 is 22.9 Å². The average Bonchev–Trinajstić information content (AvgIpc) is 2.89. The summed E-state index contributed by atoms with van der Waals surface area (Å²) >= 11 is 7.10. The first-order valence-corrected chi connectivity index (χ1v) is 6.69. The Morgan fingerprint density at radius 3 is 3.00 bits per heavy atom. The fourth-order valence-corrected chi connectivity index (χ4v) is 2.57. The number of nitrogens with zero attached hydrogens (tertiary/aromatic N) is 3. The number of imidazole rings is 1. The van der Waals surface area contributed by atoms with E-state index in [9.17, 15) is 5.11 Å². The maximum atomic E-state index is 10.0. The summed E-state index contributed by atoms with van der Waals surface area (Å²) in [6.07, 6.45) is 6.13. The lowest BCUT2D eigenvalue weighted by Crippen LogP contribution is -2.08. The molecular formula is C11H14ClN3OS. The number of rotatable bonds is 5. The summed E-state index contributed by atoms with van der Waals surface area (Å²) in [5.41, 5.74) is 0. The van der Waals surface area contributed by atoms with E-state index in [2.05, 4.69) is 21.5 Å². The van der Waals surface area contributed by atoms with Crippen LogP contribution in [0.3, 0.4) is 0 Å². The molecule has 4 nitrogen and oxygen atoms in total. The molecule has 0 aliphatic rings. The number of hydrogen-bond acceptors (Lipinski definition) is 4. The molecule has 2 aromatic rings. The van der Waals surface area contributed by atoms with Gasteiger partial charge in [-0.05, 0) is 6.42 Å². The van der Waals surface area contributed by atoms with E-state index in [0.29, 0.717) is 15.8 Å². The second-order valence-electron chi connectivity index (χ2n) is 3.76. The summed E-state index contributed by atoms with van der Waals surface area (Å²) in [7, 11) is 0. The molecule has 0 aliphatic carbocycles. The van der Waals surface area contributed by atoms with Crippen molar-refractivity contribution >= 4 is 22.9 Å². The third-order valence-electron chi connectivity index (χ3n) is 2.42. The van der Waals surface area contributed by atoms with Crippen molar-refractivity contribution in [2.75, 3.05) is 0 Å². The smallest absolute Gasteiger partial charge is 0.123 e. The number of thiazole rings is 1. The fraction of sp³-hybridized carbons (Fsp3) is 0.455. The zero-order valence-corrected chi connectivity index (χ0v) is 11.1. The Morgan fingerprint density at radius 2 is 2.35 bits per heavy atom. The molecule has 0 fully saturated rings. The zero-order valence-electron chi connectivity index (χ0n) is 9.51. The number of aryl methyl sites for hydroxylation is 1. The summed E-state index contributed by atoms with van der Waals surface area (Å²) in [5.74, 6) is 0.880. The van der Waals surface area contributed by atoms with Crippen LogP contribution in [0.2, 0.25) is 4.34 Å². The molecule has 1 atom stereocenters. The SMILES string of the molecule is CCCn1ccnc1CC(O)c1ncc(Cl)s1. The van der Waals surface area contributed by atoms with Gasteiger partial charge < -0.3 is 9.67 Å². The van der Waals surface area contributed by atoms with Crippen LogP contribution in [-0.2, 0) is 13.0 Å². The Hall–Kier alpha value is -0.910. The first-order valence-electron chi connectivity index (χ1n) is 5.50. The molecule has 6 heteroatoms. The van der Waals surface area contributed by atoms with Crippen LogP contribution in [0.5, 0.6) is 0 Å². The van der Waals surface area contributed by atoms with Gasteiger partial charge in [0.2, 0.25) is 0 Å². The van der Waals surface area contributed by atoms with Gasteiger partial charge in [0.1, 0.15) is 21.3 Å². The summed E-state index contributed by atoms with van der Waals surface area (Å²) in [4.78, 5) is 8.33. The van der Waals surface area contributed by atoms with Crippen LogP contribution in [0.15, 0.2) is 18.6 Å². The molecule has 2 rings (SSSR count). The Labute approximate surface area is 109 Å². The van der Waals surface area contributed by atoms with Gasteiger partial charge in [0.05, 0.1) is 6.20 Å². The van der Waals surface area contributed by atoms with Gasteiger partial charge in [-0.25, -0.2) is 9.97 Å². The molecule has 17 heavy (non-hydrogen) atoms. The number of hydrogen-bond donors (Lipinski definition) is 1. The quantitative estimate of drug-likeness (QED) is 0.910. The third kappa shape index (κ3) is 3.06. The molecule has 1 N–H and O–H groups in total. The second kappa shape index (κ2) is 5.62. The topological polar surface area (TPSA) is 50.9 Å². The van der Waals surface area contributed by atoms with Crippen molar-refractivity contribution in [3.8, 4) is 0 Å². The lowest BCUT2D eigenvalue weighted by atomic mass is 10.2. The summed E-state index contributed by atoms with van der Waals surface area (Å²) in [5, 5.41) is 10.7. The molecule has 0 bridgehead atoms. The van der Waals surface area contributed by atoms with Gasteiger partial charge >= 0.3 is 0 Å². The Balaban J connectivity index is 2.07. The maximum absolute atomic E-state index is 10.0. The Bertz CT molecular complexity index is 483. The first-order chi connectivity index (χ1) is 8.20. The molecule has 0 radical (unpaired) electrons. The van der Waals surface area contributed by atoms with Gasteiger partial charge in [0.15, 0.2) is 0 Å². The fourth-order valence-electron chi connectivity index (χ4n) is 1.66. The van der Waals surface area contributed by atoms with E-state index in [-0.39, 0.29) is 0 Å². The second-order valence-corrected chi connectivity index (χ2v) is 5.45. The number of halogens is 1. The monoisotopic (exact) mass is 271 g/mol. The largest absolute Gasteiger partial charge is 0.385 e. The van der Waals surface area contributed by atoms with Crippen LogP contribution in [0, 0.1) is 0 Å². The average molecular weight is 272 g/mol. The van der Waals surface area contributed by atoms with Crippen molar-refractivity contribution in [3.63, 3.8) is 0 Å². The minimum absolute atomic E-state index is 0.469. The van der Waals surface area contributed by atoms with Crippen LogP contribution in [0.1, 0.15) is 30.3 Å². The van der Waals surface area contributed by atoms with Crippen LogP contribution in [0.25, 0.3) is 0 Å². The molecule has 1 unspecified atom stereocenters. The molecule has 2 heterocycles. The van der Waals surface area contributed by atoms with Gasteiger partial charge in [0.25, 0.3) is 0 Å². The highest BCUT2D eigenvalue weighted by Gasteiger charge is 2.15. The molecule has 92 valence electrons. The Morgan fingerprint density at radius 1 is 1.53 bits per heavy atom. The number of aromatic nitrogens is 3. The van der Waals surface area contributed by atoms with Crippen molar-refractivity contribution in [1.29, 1.82) is 0 Å². The van der Waals surface area contributed by atoms with Crippen molar-refractivity contribution in [3.05, 3.63) is 33.8 Å². The van der Waals surface area contributed by atoms with E-state index in [4.69, 9.17) is 11.6 Å². The molecule has 0 aliphatic heterocycles. The molecule has 0 saturated heterocycles. The van der Waals surface area contributed by atoms with Gasteiger partial charge in [-0.1, -0.05) is 18.5 Å². The minimum atomic E-state index is -0.634. The molecular weight excluding hydrogens is 258 g/mol. The molecule has 0 amide bonds. The summed E-state index contributed by atoms with van der Waals surface area (Å²) in [6.45, 7) is 3.03. The van der Waals surface area contributed by atoms with Gasteiger partial charge in [-0.2, -0.15) is 0 Å². The van der Waals surface area contributed by atoms with E-state index in [0.717, 1.165) is 18.8 Å². The van der Waals surface area contributed by atoms with E-state index < -0.39 is 6.10 Å².